The second-order valence-electron chi connectivity index (χ2n) is 17.2. The number of para-hydroxylation sites is 2. The number of benzene rings is 3. The van der Waals surface area contributed by atoms with Crippen LogP contribution in [0.5, 0.6) is 0 Å². The van der Waals surface area contributed by atoms with Gasteiger partial charge < -0.3 is 8.83 Å². The van der Waals surface area contributed by atoms with Gasteiger partial charge in [0.25, 0.3) is 0 Å². The van der Waals surface area contributed by atoms with Gasteiger partial charge in [0.15, 0.2) is 0 Å². The van der Waals surface area contributed by atoms with Gasteiger partial charge in [0.1, 0.15) is 33.7 Å². The largest absolute Gasteiger partial charge is 0.455 e. The predicted molar refractivity (Wildman–Crippen MR) is 266 cm³/mol. The molecule has 320 valence electrons. The molecule has 0 bridgehead atoms. The van der Waals surface area contributed by atoms with E-state index in [2.05, 4.69) is 98.8 Å². The van der Waals surface area contributed by atoms with Crippen molar-refractivity contribution in [2.24, 2.45) is 0 Å². The summed E-state index contributed by atoms with van der Waals surface area (Å²) in [4.78, 5) is 4.95. The molecule has 0 N–H and O–H groups in total. The molecule has 7 heteroatoms. The molecule has 0 aliphatic rings. The Morgan fingerprint density at radius 1 is 0.426 bits per heavy atom. The summed E-state index contributed by atoms with van der Waals surface area (Å²) in [6.45, 7) is 4.59. The van der Waals surface area contributed by atoms with E-state index in [0.29, 0.717) is 0 Å². The Morgan fingerprint density at radius 2 is 0.803 bits per heavy atom. The summed E-state index contributed by atoms with van der Waals surface area (Å²) < 4.78 is 23.0. The number of fused-ring (bicyclic) bond motifs is 3. The first-order valence-electron chi connectivity index (χ1n) is 23.7. The van der Waals surface area contributed by atoms with Crippen LogP contribution in [0.15, 0.2) is 93.8 Å². The van der Waals surface area contributed by atoms with Crippen molar-refractivity contribution >= 4 is 67.4 Å². The number of thiophene rings is 2. The number of rotatable bonds is 26. The summed E-state index contributed by atoms with van der Waals surface area (Å²) in [6, 6.07) is 30.6. The first-order valence-corrected chi connectivity index (χ1v) is 26.1. The zero-order valence-corrected chi connectivity index (χ0v) is 39.0. The number of hydrogen-bond acceptors (Lipinski definition) is 7. The van der Waals surface area contributed by atoms with Crippen molar-refractivity contribution in [3.8, 4) is 42.2 Å². The summed E-state index contributed by atoms with van der Waals surface area (Å²) in [5, 5.41) is 2.30. The van der Waals surface area contributed by atoms with Crippen molar-refractivity contribution in [3.05, 3.63) is 96.1 Å². The molecule has 0 amide bonds. The number of nitrogens with zero attached hydrogens (tertiary/aromatic N) is 2. The molecule has 5 heterocycles. The quantitative estimate of drug-likeness (QED) is 0.0509. The van der Waals surface area contributed by atoms with E-state index < -0.39 is 0 Å². The van der Waals surface area contributed by atoms with E-state index in [4.69, 9.17) is 17.6 Å². The van der Waals surface area contributed by atoms with Crippen LogP contribution in [-0.4, -0.2) is 8.75 Å². The van der Waals surface area contributed by atoms with E-state index in [-0.39, 0.29) is 0 Å². The second-order valence-corrected chi connectivity index (χ2v) is 19.8. The third kappa shape index (κ3) is 11.1. The van der Waals surface area contributed by atoms with Crippen LogP contribution in [0.3, 0.4) is 0 Å². The van der Waals surface area contributed by atoms with Gasteiger partial charge in [-0.1, -0.05) is 178 Å². The first-order chi connectivity index (χ1) is 30.2. The average Bonchev–Trinajstić information content (AvgIpc) is 4.14. The van der Waals surface area contributed by atoms with E-state index in [9.17, 15) is 0 Å². The maximum atomic E-state index is 6.51. The van der Waals surface area contributed by atoms with Gasteiger partial charge in [-0.05, 0) is 73.2 Å². The molecule has 0 saturated carbocycles. The lowest BCUT2D eigenvalue weighted by Crippen LogP contribution is -1.87. The monoisotopic (exact) mass is 868 g/mol. The van der Waals surface area contributed by atoms with Gasteiger partial charge in [-0.15, -0.1) is 22.7 Å². The van der Waals surface area contributed by atoms with Crippen molar-refractivity contribution in [2.75, 3.05) is 0 Å². The van der Waals surface area contributed by atoms with Gasteiger partial charge in [0.05, 0.1) is 21.5 Å². The zero-order valence-electron chi connectivity index (χ0n) is 36.6. The molecule has 8 rings (SSSR count). The third-order valence-electron chi connectivity index (χ3n) is 12.5. The minimum atomic E-state index is 0.943. The fourth-order valence-electron chi connectivity index (χ4n) is 8.97. The van der Waals surface area contributed by atoms with Crippen LogP contribution in [0, 0.1) is 0 Å². The maximum Gasteiger partial charge on any atom is 0.145 e. The molecule has 3 aromatic carbocycles. The smallest absolute Gasteiger partial charge is 0.145 e. The van der Waals surface area contributed by atoms with Crippen LogP contribution in [-0.2, 0) is 12.8 Å². The van der Waals surface area contributed by atoms with Gasteiger partial charge in [0, 0.05) is 31.7 Å². The molecule has 8 aromatic rings. The molecule has 0 atom stereocenters. The molecule has 0 fully saturated rings. The lowest BCUT2D eigenvalue weighted by molar-refractivity contribution is 0.556. The molecule has 0 aliphatic carbocycles. The van der Waals surface area contributed by atoms with Crippen molar-refractivity contribution < 1.29 is 8.83 Å². The lowest BCUT2D eigenvalue weighted by Gasteiger charge is -2.04. The molecule has 0 radical (unpaired) electrons. The van der Waals surface area contributed by atoms with Crippen LogP contribution in [0.2, 0.25) is 0 Å². The van der Waals surface area contributed by atoms with Crippen LogP contribution < -0.4 is 0 Å². The van der Waals surface area contributed by atoms with Crippen LogP contribution in [0.1, 0.15) is 153 Å². The number of aryl methyl sites for hydroxylation is 2. The van der Waals surface area contributed by atoms with Crippen molar-refractivity contribution in [1.82, 2.24) is 8.75 Å². The highest BCUT2D eigenvalue weighted by Gasteiger charge is 2.22. The normalized spacial score (nSPS) is 11.9. The maximum absolute atomic E-state index is 6.51. The Labute approximate surface area is 376 Å². The summed E-state index contributed by atoms with van der Waals surface area (Å²) in [7, 11) is 0. The number of unbranched alkanes of at least 4 members (excludes halogenated alkanes) is 18. The van der Waals surface area contributed by atoms with Gasteiger partial charge in [0.2, 0.25) is 0 Å². The first kappa shape index (κ1) is 43.6. The molecular formula is C54H64N2O2S3. The highest BCUT2D eigenvalue weighted by atomic mass is 32.1. The highest BCUT2D eigenvalue weighted by molar-refractivity contribution is 7.19. The summed E-state index contributed by atoms with van der Waals surface area (Å²) >= 11 is 5.00. The Morgan fingerprint density at radius 3 is 1.20 bits per heavy atom. The van der Waals surface area contributed by atoms with Gasteiger partial charge in [-0.25, -0.2) is 0 Å². The molecule has 0 saturated heterocycles. The third-order valence-corrected chi connectivity index (χ3v) is 15.4. The molecule has 5 aromatic heterocycles. The van der Waals surface area contributed by atoms with Gasteiger partial charge in [-0.3, -0.25) is 0 Å². The fourth-order valence-corrected chi connectivity index (χ4v) is 11.9. The van der Waals surface area contributed by atoms with E-state index in [1.807, 2.05) is 22.7 Å². The van der Waals surface area contributed by atoms with E-state index >= 15 is 0 Å². The van der Waals surface area contributed by atoms with Crippen molar-refractivity contribution in [2.45, 2.75) is 155 Å². The summed E-state index contributed by atoms with van der Waals surface area (Å²) in [6.07, 6.45) is 28.9. The Balaban J connectivity index is 1.02. The minimum absolute atomic E-state index is 0.943. The van der Waals surface area contributed by atoms with Crippen LogP contribution in [0.4, 0.5) is 0 Å². The Bertz CT molecular complexity index is 2320. The zero-order chi connectivity index (χ0) is 41.6. The van der Waals surface area contributed by atoms with Gasteiger partial charge >= 0.3 is 0 Å². The van der Waals surface area contributed by atoms with Gasteiger partial charge in [-0.2, -0.15) is 8.75 Å². The van der Waals surface area contributed by atoms with Crippen LogP contribution in [0.25, 0.3) is 75.1 Å². The second kappa shape index (κ2) is 22.4. The van der Waals surface area contributed by atoms with Crippen molar-refractivity contribution in [3.63, 3.8) is 0 Å². The number of hydrogen-bond donors (Lipinski definition) is 0. The Hall–Kier alpha value is -4.04. The number of aromatic nitrogens is 2. The number of furan rings is 2. The molecule has 4 nitrogen and oxygen atoms in total. The van der Waals surface area contributed by atoms with Crippen molar-refractivity contribution in [1.29, 1.82) is 0 Å². The van der Waals surface area contributed by atoms with E-state index in [0.717, 1.165) is 68.5 Å². The average molecular weight is 869 g/mol. The predicted octanol–water partition coefficient (Wildman–Crippen LogP) is 18.9. The summed E-state index contributed by atoms with van der Waals surface area (Å²) in [5.74, 6) is 1.94. The molecular weight excluding hydrogens is 805 g/mol. The SMILES string of the molecule is CCCCCCCCCCCCc1cc(-c2ccc(-c3cc(CCCCCCCCCCCC)c(-c4cc5ccccc5o4)s3)c3nsnc23)sc1-c1cc2ccccc2o1. The van der Waals surface area contributed by atoms with Crippen LogP contribution >= 0.6 is 34.4 Å². The van der Waals surface area contributed by atoms with E-state index in [1.54, 1.807) is 0 Å². The topological polar surface area (TPSA) is 52.1 Å². The molecule has 0 unspecified atom stereocenters. The molecule has 0 spiro atoms. The summed E-state index contributed by atoms with van der Waals surface area (Å²) in [5.41, 5.74) is 8.93. The standard InChI is InChI=1S/C54H64N2O2S3/c1-3-5-7-9-11-13-15-17-19-21-29-41-37-49(59-53(41)47-35-39-27-23-25-31-45(39)57-47)43-33-34-44(52-51(43)55-61-56-52)50-38-42(30-22-20-18-16-14-12-10-8-6-4-2)54(60-50)48-36-40-28-24-26-32-46(40)58-48/h23-28,31-38H,3-22,29-30H2,1-2H3. The Kier molecular flexibility index (Phi) is 16.0. The fraction of sp³-hybridized carbons (Fsp3) is 0.444. The van der Waals surface area contributed by atoms with E-state index in [1.165, 1.54) is 171 Å². The molecule has 61 heavy (non-hydrogen) atoms. The molecule has 0 aliphatic heterocycles. The lowest BCUT2D eigenvalue weighted by atomic mass is 10.0. The minimum Gasteiger partial charge on any atom is -0.455 e. The highest BCUT2D eigenvalue weighted by Crippen LogP contribution is 2.46.